The third kappa shape index (κ3) is 4.79. The van der Waals surface area contributed by atoms with Gasteiger partial charge < -0.3 is 5.73 Å². The molecule has 60 valence electrons. The third-order valence-electron chi connectivity index (χ3n) is 1.37. The Balaban J connectivity index is 3.39. The van der Waals surface area contributed by atoms with E-state index in [1.54, 1.807) is 0 Å². The van der Waals surface area contributed by atoms with Gasteiger partial charge in [-0.25, -0.2) is 0 Å². The number of nitrogens with two attached hydrogens (primary N) is 1. The number of hydrogen-bond donors (Lipinski definition) is 1. The van der Waals surface area contributed by atoms with Crippen LogP contribution in [-0.2, 0) is 0 Å². The van der Waals surface area contributed by atoms with E-state index >= 15 is 0 Å². The smallest absolute Gasteiger partial charge is 0.0801 e. The molecule has 1 atom stereocenters. The summed E-state index contributed by atoms with van der Waals surface area (Å²) in [5, 5.41) is 0.917. The number of unbranched alkanes of at least 4 members (excludes halogenated alkanes) is 1. The van der Waals surface area contributed by atoms with E-state index in [1.807, 2.05) is 0 Å². The quantitative estimate of drug-likeness (QED) is 0.417. The fraction of sp³-hybridized carbons (Fsp3) is 0.857. The summed E-state index contributed by atoms with van der Waals surface area (Å²) in [7, 11) is 0. The van der Waals surface area contributed by atoms with E-state index in [0.717, 1.165) is 11.8 Å². The highest BCUT2D eigenvalue weighted by Gasteiger charge is 2.00. The van der Waals surface area contributed by atoms with Gasteiger partial charge in [-0.15, -0.1) is 0 Å². The molecule has 0 aromatic heterocycles. The molecule has 0 rings (SSSR count). The molecular formula is C7H15BrN2. The van der Waals surface area contributed by atoms with Crippen LogP contribution in [-0.4, -0.2) is 17.7 Å². The van der Waals surface area contributed by atoms with Crippen LogP contribution in [0.3, 0.4) is 0 Å². The van der Waals surface area contributed by atoms with Gasteiger partial charge in [0, 0.05) is 5.33 Å². The Morgan fingerprint density at radius 3 is 2.80 bits per heavy atom. The molecule has 0 aromatic carbocycles. The Kier molecular flexibility index (Phi) is 7.03. The number of rotatable bonds is 5. The highest BCUT2D eigenvalue weighted by molar-refractivity contribution is 9.09. The van der Waals surface area contributed by atoms with Gasteiger partial charge in [0.15, 0.2) is 0 Å². The number of nitrogens with zero attached hydrogens (tertiary/aromatic N) is 1. The number of hydrogen-bond acceptors (Lipinski definition) is 1. The van der Waals surface area contributed by atoms with Crippen molar-refractivity contribution >= 4 is 22.3 Å². The van der Waals surface area contributed by atoms with Gasteiger partial charge in [-0.1, -0.05) is 35.7 Å². The summed E-state index contributed by atoms with van der Waals surface area (Å²) in [5.41, 5.74) is 5.16. The van der Waals surface area contributed by atoms with Gasteiger partial charge in [0.05, 0.1) is 12.4 Å². The van der Waals surface area contributed by atoms with E-state index in [-0.39, 0.29) is 0 Å². The molecule has 0 aliphatic rings. The summed E-state index contributed by atoms with van der Waals surface area (Å²) in [5.74, 6) is 0. The van der Waals surface area contributed by atoms with Gasteiger partial charge in [-0.05, 0) is 6.42 Å². The van der Waals surface area contributed by atoms with Crippen LogP contribution >= 0.6 is 15.9 Å². The second kappa shape index (κ2) is 7.06. The topological polar surface area (TPSA) is 38.4 Å². The summed E-state index contributed by atoms with van der Waals surface area (Å²) in [6, 6.07) is 0.380. The molecule has 0 aliphatic carbocycles. The zero-order chi connectivity index (χ0) is 7.82. The summed E-state index contributed by atoms with van der Waals surface area (Å²) < 4.78 is 0. The number of alkyl halides is 1. The zero-order valence-corrected chi connectivity index (χ0v) is 7.97. The molecule has 2 N–H and O–H groups in total. The minimum absolute atomic E-state index is 0.380. The van der Waals surface area contributed by atoms with Crippen molar-refractivity contribution in [1.29, 1.82) is 0 Å². The minimum Gasteiger partial charge on any atom is -0.390 e. The molecule has 0 bridgehead atoms. The van der Waals surface area contributed by atoms with Gasteiger partial charge in [0.1, 0.15) is 0 Å². The number of halogens is 1. The molecule has 0 radical (unpaired) electrons. The maximum Gasteiger partial charge on any atom is 0.0801 e. The molecule has 0 amide bonds. The van der Waals surface area contributed by atoms with E-state index in [2.05, 4.69) is 27.8 Å². The van der Waals surface area contributed by atoms with Crippen LogP contribution in [0, 0.1) is 0 Å². The summed E-state index contributed by atoms with van der Waals surface area (Å²) in [4.78, 5) is 4.09. The SMILES string of the molecule is CCCCC(CBr)N=CN. The Bertz CT molecular complexity index is 93.6. The second-order valence-electron chi connectivity index (χ2n) is 2.25. The maximum absolute atomic E-state index is 5.16. The Morgan fingerprint density at radius 2 is 2.40 bits per heavy atom. The van der Waals surface area contributed by atoms with Crippen molar-refractivity contribution in [1.82, 2.24) is 0 Å². The largest absolute Gasteiger partial charge is 0.390 e. The van der Waals surface area contributed by atoms with Gasteiger partial charge in [0.2, 0.25) is 0 Å². The molecule has 0 aliphatic heterocycles. The first-order chi connectivity index (χ1) is 4.85. The van der Waals surface area contributed by atoms with Crippen molar-refractivity contribution < 1.29 is 0 Å². The predicted octanol–water partition coefficient (Wildman–Crippen LogP) is 1.93. The van der Waals surface area contributed by atoms with Crippen LogP contribution in [0.25, 0.3) is 0 Å². The lowest BCUT2D eigenvalue weighted by Crippen LogP contribution is -2.07. The Labute approximate surface area is 71.0 Å². The lowest BCUT2D eigenvalue weighted by Gasteiger charge is -2.05. The predicted molar refractivity (Wildman–Crippen MR) is 49.8 cm³/mol. The van der Waals surface area contributed by atoms with Crippen molar-refractivity contribution in [2.75, 3.05) is 5.33 Å². The number of aliphatic imine (C=N–C) groups is 1. The maximum atomic E-state index is 5.16. The van der Waals surface area contributed by atoms with Crippen molar-refractivity contribution in [2.24, 2.45) is 10.7 Å². The molecule has 0 heterocycles. The van der Waals surface area contributed by atoms with Crippen molar-refractivity contribution in [3.05, 3.63) is 0 Å². The molecule has 0 saturated carbocycles. The summed E-state index contributed by atoms with van der Waals surface area (Å²) in [6.45, 7) is 2.18. The van der Waals surface area contributed by atoms with Crippen LogP contribution in [0.15, 0.2) is 4.99 Å². The van der Waals surface area contributed by atoms with E-state index < -0.39 is 0 Å². The van der Waals surface area contributed by atoms with Crippen LogP contribution in [0.4, 0.5) is 0 Å². The molecule has 0 fully saturated rings. The van der Waals surface area contributed by atoms with E-state index in [4.69, 9.17) is 5.73 Å². The standard InChI is InChI=1S/C7H15BrN2/c1-2-3-4-7(5-8)10-6-9/h6-7H,2-5H2,1H3,(H2,9,10). The van der Waals surface area contributed by atoms with Gasteiger partial charge in [0.25, 0.3) is 0 Å². The lowest BCUT2D eigenvalue weighted by molar-refractivity contribution is 0.628. The molecule has 2 nitrogen and oxygen atoms in total. The average molecular weight is 207 g/mol. The highest BCUT2D eigenvalue weighted by Crippen LogP contribution is 2.06. The summed E-state index contributed by atoms with van der Waals surface area (Å²) in [6.07, 6.45) is 4.98. The van der Waals surface area contributed by atoms with E-state index in [1.165, 1.54) is 19.2 Å². The van der Waals surface area contributed by atoms with Gasteiger partial charge in [-0.2, -0.15) is 0 Å². The highest BCUT2D eigenvalue weighted by atomic mass is 79.9. The molecule has 0 saturated heterocycles. The average Bonchev–Trinajstić information content (AvgIpc) is 1.98. The van der Waals surface area contributed by atoms with Crippen molar-refractivity contribution in [2.45, 2.75) is 32.2 Å². The Morgan fingerprint density at radius 1 is 1.70 bits per heavy atom. The van der Waals surface area contributed by atoms with Crippen molar-refractivity contribution in [3.8, 4) is 0 Å². The first-order valence-electron chi connectivity index (χ1n) is 3.64. The fourth-order valence-corrected chi connectivity index (χ4v) is 1.24. The normalized spacial score (nSPS) is 14.2. The Hall–Kier alpha value is -0.0500. The van der Waals surface area contributed by atoms with Gasteiger partial charge in [-0.3, -0.25) is 4.99 Å². The first kappa shape index (κ1) is 9.95. The zero-order valence-electron chi connectivity index (χ0n) is 6.39. The molecule has 3 heteroatoms. The monoisotopic (exact) mass is 206 g/mol. The third-order valence-corrected chi connectivity index (χ3v) is 2.11. The lowest BCUT2D eigenvalue weighted by atomic mass is 10.1. The van der Waals surface area contributed by atoms with Crippen LogP contribution in [0.5, 0.6) is 0 Å². The van der Waals surface area contributed by atoms with Gasteiger partial charge >= 0.3 is 0 Å². The second-order valence-corrected chi connectivity index (χ2v) is 2.90. The van der Waals surface area contributed by atoms with Crippen LogP contribution in [0.2, 0.25) is 0 Å². The summed E-state index contributed by atoms with van der Waals surface area (Å²) >= 11 is 3.38. The molecule has 0 aromatic rings. The fourth-order valence-electron chi connectivity index (χ4n) is 0.753. The molecule has 0 spiro atoms. The van der Waals surface area contributed by atoms with Crippen LogP contribution < -0.4 is 5.73 Å². The molecule has 1 unspecified atom stereocenters. The van der Waals surface area contributed by atoms with E-state index in [9.17, 15) is 0 Å². The first-order valence-corrected chi connectivity index (χ1v) is 4.76. The molecule has 10 heavy (non-hydrogen) atoms. The van der Waals surface area contributed by atoms with Crippen LogP contribution in [0.1, 0.15) is 26.2 Å². The molecular weight excluding hydrogens is 192 g/mol. The van der Waals surface area contributed by atoms with Crippen molar-refractivity contribution in [3.63, 3.8) is 0 Å². The minimum atomic E-state index is 0.380. The van der Waals surface area contributed by atoms with E-state index in [0.29, 0.717) is 6.04 Å².